The number of carbonyl (C=O) groups is 1. The summed E-state index contributed by atoms with van der Waals surface area (Å²) in [6.45, 7) is 2.71. The summed E-state index contributed by atoms with van der Waals surface area (Å²) in [6.07, 6.45) is 0.827. The molecule has 1 amide bonds. The molecule has 0 aliphatic carbocycles. The molecule has 24 heavy (non-hydrogen) atoms. The topological polar surface area (TPSA) is 20.3 Å². The molecular weight excluding hydrogens is 294 g/mol. The Morgan fingerprint density at radius 3 is 2.00 bits per heavy atom. The van der Waals surface area contributed by atoms with Crippen LogP contribution in [-0.4, -0.2) is 12.5 Å². The van der Waals surface area contributed by atoms with Crippen LogP contribution in [0, 0.1) is 6.92 Å². The van der Waals surface area contributed by atoms with Crippen LogP contribution in [0.1, 0.15) is 21.5 Å². The summed E-state index contributed by atoms with van der Waals surface area (Å²) in [4.78, 5) is 14.8. The number of carbonyl (C=O) groups excluding carboxylic acids is 1. The third-order valence-electron chi connectivity index (χ3n) is 4.08. The molecule has 0 bridgehead atoms. The highest BCUT2D eigenvalue weighted by Crippen LogP contribution is 2.19. The van der Waals surface area contributed by atoms with E-state index in [1.165, 1.54) is 11.1 Å². The molecule has 3 aromatic rings. The van der Waals surface area contributed by atoms with Gasteiger partial charge in [0.2, 0.25) is 0 Å². The van der Waals surface area contributed by atoms with Crippen molar-refractivity contribution in [3.8, 4) is 0 Å². The minimum absolute atomic E-state index is 0.0374. The molecule has 0 atom stereocenters. The Bertz CT molecular complexity index is 779. The number of aryl methyl sites for hydroxylation is 1. The zero-order valence-electron chi connectivity index (χ0n) is 13.9. The standard InChI is InChI=1S/C22H21NO/c1-18-12-14-21(15-13-18)23(17-16-19-8-4-2-5-9-19)22(24)20-10-6-3-7-11-20/h2-15H,16-17H2,1H3. The van der Waals surface area contributed by atoms with Crippen molar-refractivity contribution in [1.82, 2.24) is 0 Å². The third kappa shape index (κ3) is 3.90. The minimum atomic E-state index is 0.0374. The van der Waals surface area contributed by atoms with Crippen molar-refractivity contribution in [3.05, 3.63) is 102 Å². The van der Waals surface area contributed by atoms with E-state index in [0.29, 0.717) is 12.1 Å². The number of benzene rings is 3. The largest absolute Gasteiger partial charge is 0.308 e. The van der Waals surface area contributed by atoms with E-state index in [-0.39, 0.29) is 5.91 Å². The van der Waals surface area contributed by atoms with Crippen molar-refractivity contribution in [2.24, 2.45) is 0 Å². The highest BCUT2D eigenvalue weighted by Gasteiger charge is 2.17. The van der Waals surface area contributed by atoms with Crippen LogP contribution < -0.4 is 4.90 Å². The Balaban J connectivity index is 1.85. The molecule has 0 aliphatic heterocycles. The van der Waals surface area contributed by atoms with E-state index in [2.05, 4.69) is 19.1 Å². The molecule has 0 saturated heterocycles. The number of hydrogen-bond donors (Lipinski definition) is 0. The van der Waals surface area contributed by atoms with Crippen molar-refractivity contribution in [3.63, 3.8) is 0 Å². The van der Waals surface area contributed by atoms with Gasteiger partial charge in [-0.1, -0.05) is 66.2 Å². The Hall–Kier alpha value is -2.87. The normalized spacial score (nSPS) is 10.4. The second kappa shape index (κ2) is 7.60. The average molecular weight is 315 g/mol. The molecule has 0 radical (unpaired) electrons. The van der Waals surface area contributed by atoms with E-state index < -0.39 is 0 Å². The molecule has 0 spiro atoms. The minimum Gasteiger partial charge on any atom is -0.308 e. The highest BCUT2D eigenvalue weighted by molar-refractivity contribution is 6.06. The summed E-state index contributed by atoms with van der Waals surface area (Å²) >= 11 is 0. The SMILES string of the molecule is Cc1ccc(N(CCc2ccccc2)C(=O)c2ccccc2)cc1. The molecule has 3 aromatic carbocycles. The van der Waals surface area contributed by atoms with Gasteiger partial charge in [-0.25, -0.2) is 0 Å². The summed E-state index contributed by atoms with van der Waals surface area (Å²) < 4.78 is 0. The molecule has 0 heterocycles. The van der Waals surface area contributed by atoms with Gasteiger partial charge in [-0.3, -0.25) is 4.79 Å². The van der Waals surface area contributed by atoms with Gasteiger partial charge >= 0.3 is 0 Å². The zero-order valence-corrected chi connectivity index (χ0v) is 13.9. The molecule has 0 N–H and O–H groups in total. The van der Waals surface area contributed by atoms with Crippen LogP contribution in [0.25, 0.3) is 0 Å². The van der Waals surface area contributed by atoms with Crippen LogP contribution in [0.5, 0.6) is 0 Å². The van der Waals surface area contributed by atoms with E-state index in [4.69, 9.17) is 0 Å². The zero-order chi connectivity index (χ0) is 16.8. The number of nitrogens with zero attached hydrogens (tertiary/aromatic N) is 1. The Morgan fingerprint density at radius 1 is 0.792 bits per heavy atom. The van der Waals surface area contributed by atoms with Crippen LogP contribution in [0.3, 0.4) is 0 Å². The van der Waals surface area contributed by atoms with E-state index in [1.54, 1.807) is 0 Å². The first-order chi connectivity index (χ1) is 11.7. The van der Waals surface area contributed by atoms with Crippen LogP contribution >= 0.6 is 0 Å². The van der Waals surface area contributed by atoms with Crippen LogP contribution in [0.2, 0.25) is 0 Å². The Labute approximate surface area is 143 Å². The van der Waals surface area contributed by atoms with Gasteiger partial charge in [0.25, 0.3) is 5.91 Å². The summed E-state index contributed by atoms with van der Waals surface area (Å²) in [7, 11) is 0. The van der Waals surface area contributed by atoms with Crippen molar-refractivity contribution in [1.29, 1.82) is 0 Å². The molecule has 0 saturated carbocycles. The van der Waals surface area contributed by atoms with Gasteiger partial charge in [-0.2, -0.15) is 0 Å². The lowest BCUT2D eigenvalue weighted by Gasteiger charge is -2.23. The molecular formula is C22H21NO. The van der Waals surface area contributed by atoms with E-state index in [9.17, 15) is 4.79 Å². The fourth-order valence-corrected chi connectivity index (χ4v) is 2.69. The van der Waals surface area contributed by atoms with E-state index in [1.807, 2.05) is 77.7 Å². The molecule has 0 aliphatic rings. The number of rotatable bonds is 5. The molecule has 3 rings (SSSR count). The van der Waals surface area contributed by atoms with Gasteiger partial charge in [0.15, 0.2) is 0 Å². The predicted molar refractivity (Wildman–Crippen MR) is 99.4 cm³/mol. The quantitative estimate of drug-likeness (QED) is 0.657. The van der Waals surface area contributed by atoms with Crippen LogP contribution in [0.15, 0.2) is 84.9 Å². The summed E-state index contributed by atoms with van der Waals surface area (Å²) in [5.41, 5.74) is 4.07. The Morgan fingerprint density at radius 2 is 1.38 bits per heavy atom. The fraction of sp³-hybridized carbons (Fsp3) is 0.136. The molecule has 2 heteroatoms. The van der Waals surface area contributed by atoms with Crippen molar-refractivity contribution in [2.75, 3.05) is 11.4 Å². The van der Waals surface area contributed by atoms with Gasteiger partial charge < -0.3 is 4.90 Å². The van der Waals surface area contributed by atoms with Crippen molar-refractivity contribution < 1.29 is 4.79 Å². The second-order valence-electron chi connectivity index (χ2n) is 5.89. The van der Waals surface area contributed by atoms with E-state index >= 15 is 0 Å². The van der Waals surface area contributed by atoms with Gasteiger partial charge in [0.05, 0.1) is 0 Å². The molecule has 2 nitrogen and oxygen atoms in total. The molecule has 0 unspecified atom stereocenters. The van der Waals surface area contributed by atoms with Crippen molar-refractivity contribution >= 4 is 11.6 Å². The fourth-order valence-electron chi connectivity index (χ4n) is 2.69. The van der Waals surface area contributed by atoms with Gasteiger partial charge in [0.1, 0.15) is 0 Å². The lowest BCUT2D eigenvalue weighted by molar-refractivity contribution is 0.0987. The predicted octanol–water partition coefficient (Wildman–Crippen LogP) is 4.88. The van der Waals surface area contributed by atoms with E-state index in [0.717, 1.165) is 12.1 Å². The summed E-state index contributed by atoms with van der Waals surface area (Å²) in [5, 5.41) is 0. The number of hydrogen-bond acceptors (Lipinski definition) is 1. The van der Waals surface area contributed by atoms with Gasteiger partial charge in [-0.05, 0) is 43.2 Å². The van der Waals surface area contributed by atoms with Crippen molar-refractivity contribution in [2.45, 2.75) is 13.3 Å². The first kappa shape index (κ1) is 16.0. The van der Waals surface area contributed by atoms with Gasteiger partial charge in [0, 0.05) is 17.8 Å². The van der Waals surface area contributed by atoms with Crippen LogP contribution in [-0.2, 0) is 6.42 Å². The first-order valence-electron chi connectivity index (χ1n) is 8.21. The monoisotopic (exact) mass is 315 g/mol. The Kier molecular flexibility index (Phi) is 5.07. The maximum atomic E-state index is 13.0. The molecule has 0 fully saturated rings. The van der Waals surface area contributed by atoms with Crippen LogP contribution in [0.4, 0.5) is 5.69 Å². The third-order valence-corrected chi connectivity index (χ3v) is 4.08. The average Bonchev–Trinajstić information content (AvgIpc) is 2.65. The van der Waals surface area contributed by atoms with Gasteiger partial charge in [-0.15, -0.1) is 0 Å². The molecule has 0 aromatic heterocycles. The smallest absolute Gasteiger partial charge is 0.258 e. The second-order valence-corrected chi connectivity index (χ2v) is 5.89. The summed E-state index contributed by atoms with van der Waals surface area (Å²) in [6, 6.07) is 27.9. The lowest BCUT2D eigenvalue weighted by atomic mass is 10.1. The maximum absolute atomic E-state index is 13.0. The number of anilines is 1. The summed E-state index contributed by atoms with van der Waals surface area (Å²) in [5.74, 6) is 0.0374. The number of amides is 1. The molecule has 120 valence electrons. The lowest BCUT2D eigenvalue weighted by Crippen LogP contribution is -2.32. The first-order valence-corrected chi connectivity index (χ1v) is 8.21. The highest BCUT2D eigenvalue weighted by atomic mass is 16.2. The maximum Gasteiger partial charge on any atom is 0.258 e.